The van der Waals surface area contributed by atoms with E-state index in [1.807, 2.05) is 0 Å². The number of hydrogen-bond donors (Lipinski definition) is 0. The molecule has 0 N–H and O–H groups in total. The van der Waals surface area contributed by atoms with Gasteiger partial charge in [-0.05, 0) is 80.2 Å². The zero-order valence-corrected chi connectivity index (χ0v) is 28.2. The van der Waals surface area contributed by atoms with Gasteiger partial charge in [-0.1, -0.05) is 152 Å². The Kier molecular flexibility index (Phi) is 6.25. The van der Waals surface area contributed by atoms with Crippen LogP contribution in [0.4, 0.5) is 17.1 Å². The van der Waals surface area contributed by atoms with Crippen molar-refractivity contribution in [3.8, 4) is 39.3 Å². The molecule has 1 aromatic heterocycles. The van der Waals surface area contributed by atoms with Gasteiger partial charge in [0, 0.05) is 16.3 Å². The summed E-state index contributed by atoms with van der Waals surface area (Å²) in [5.41, 5.74) is 12.6. The molecule has 1 aliphatic rings. The van der Waals surface area contributed by atoms with Gasteiger partial charge in [0.05, 0.1) is 33.8 Å². The van der Waals surface area contributed by atoms with Gasteiger partial charge in [0.2, 0.25) is 0 Å². The standard InChI is InChI=1S/C49H31N3/c1-2-14-32(15-3-1)35-18-12-19-36(30-35)46-38-20-6-8-22-40(38)47(41-23-9-7-21-39(41)46)51-43-25-10-11-26-44(43)52-48-42(24-13-27-45(48)51)50-49(52)37-29-28-33-16-4-5-17-34(33)31-37/h1-31H. The minimum atomic E-state index is 0.948. The van der Waals surface area contributed by atoms with E-state index >= 15 is 0 Å². The molecule has 0 saturated carbocycles. The number of fused-ring (bicyclic) bond motifs is 5. The van der Waals surface area contributed by atoms with Crippen molar-refractivity contribution in [3.63, 3.8) is 0 Å². The highest BCUT2D eigenvalue weighted by molar-refractivity contribution is 6.23. The number of aromatic nitrogens is 2. The molecular weight excluding hydrogens is 631 g/mol. The summed E-state index contributed by atoms with van der Waals surface area (Å²) in [6.45, 7) is 0. The third-order valence-electron chi connectivity index (χ3n) is 10.7. The Labute approximate surface area is 301 Å². The predicted octanol–water partition coefficient (Wildman–Crippen LogP) is 13.3. The van der Waals surface area contributed by atoms with Crippen LogP contribution in [0.25, 0.3) is 82.7 Å². The average Bonchev–Trinajstić information content (AvgIpc) is 3.61. The molecule has 0 unspecified atom stereocenters. The quantitative estimate of drug-likeness (QED) is 0.175. The number of nitrogens with zero attached hydrogens (tertiary/aromatic N) is 3. The summed E-state index contributed by atoms with van der Waals surface area (Å²) in [6, 6.07) is 68.0. The van der Waals surface area contributed by atoms with Gasteiger partial charge >= 0.3 is 0 Å². The largest absolute Gasteiger partial charge is 0.305 e. The summed E-state index contributed by atoms with van der Waals surface area (Å²) in [6.07, 6.45) is 0. The molecule has 0 saturated heterocycles. The second-order valence-electron chi connectivity index (χ2n) is 13.6. The van der Waals surface area contributed by atoms with Crippen molar-refractivity contribution < 1.29 is 0 Å². The van der Waals surface area contributed by atoms with Crippen LogP contribution in [0.1, 0.15) is 0 Å². The van der Waals surface area contributed by atoms with Crippen molar-refractivity contribution in [3.05, 3.63) is 188 Å². The molecule has 11 rings (SSSR count). The van der Waals surface area contributed by atoms with E-state index in [0.717, 1.165) is 39.5 Å². The molecule has 0 fully saturated rings. The first-order chi connectivity index (χ1) is 25.8. The summed E-state index contributed by atoms with van der Waals surface area (Å²) < 4.78 is 2.37. The number of imidazole rings is 1. The Bertz CT molecular complexity index is 2970. The molecular formula is C49H31N3. The number of benzene rings is 9. The Hall–Kier alpha value is -6.97. The minimum absolute atomic E-state index is 0.948. The first-order valence-corrected chi connectivity index (χ1v) is 17.8. The number of hydrogen-bond acceptors (Lipinski definition) is 2. The summed E-state index contributed by atoms with van der Waals surface area (Å²) >= 11 is 0. The average molecular weight is 662 g/mol. The molecule has 1 aliphatic heterocycles. The Morgan fingerprint density at radius 1 is 0.365 bits per heavy atom. The van der Waals surface area contributed by atoms with E-state index in [1.165, 1.54) is 60.3 Å². The van der Waals surface area contributed by atoms with Gasteiger partial charge in [-0.2, -0.15) is 0 Å². The van der Waals surface area contributed by atoms with Gasteiger partial charge in [-0.25, -0.2) is 4.98 Å². The molecule has 0 atom stereocenters. The zero-order valence-electron chi connectivity index (χ0n) is 28.2. The SMILES string of the molecule is c1ccc(-c2cccc(-c3c4ccccc4c(N4c5ccccc5-n5c(-c6ccc7ccccc7c6)nc6cccc4c65)c4ccccc34)c2)cc1. The van der Waals surface area contributed by atoms with Crippen molar-refractivity contribution >= 4 is 60.4 Å². The van der Waals surface area contributed by atoms with Crippen molar-refractivity contribution in [2.75, 3.05) is 4.90 Å². The van der Waals surface area contributed by atoms with Crippen LogP contribution in [0.2, 0.25) is 0 Å². The molecule has 10 aromatic rings. The van der Waals surface area contributed by atoms with Crippen LogP contribution in [-0.4, -0.2) is 9.55 Å². The molecule has 0 radical (unpaired) electrons. The molecule has 9 aromatic carbocycles. The molecule has 242 valence electrons. The third kappa shape index (κ3) is 4.23. The fraction of sp³-hybridized carbons (Fsp3) is 0. The van der Waals surface area contributed by atoms with Crippen LogP contribution in [-0.2, 0) is 0 Å². The van der Waals surface area contributed by atoms with Crippen LogP contribution in [0.5, 0.6) is 0 Å². The van der Waals surface area contributed by atoms with E-state index in [1.54, 1.807) is 0 Å². The van der Waals surface area contributed by atoms with Gasteiger partial charge in [-0.3, -0.25) is 4.57 Å². The van der Waals surface area contributed by atoms with Crippen molar-refractivity contribution in [2.45, 2.75) is 0 Å². The van der Waals surface area contributed by atoms with Gasteiger partial charge in [0.25, 0.3) is 0 Å². The lowest BCUT2D eigenvalue weighted by Crippen LogP contribution is -2.19. The highest BCUT2D eigenvalue weighted by atomic mass is 15.2. The second-order valence-corrected chi connectivity index (χ2v) is 13.6. The summed E-state index contributed by atoms with van der Waals surface area (Å²) in [5, 5.41) is 7.29. The minimum Gasteiger partial charge on any atom is -0.305 e. The topological polar surface area (TPSA) is 21.1 Å². The number of rotatable bonds is 4. The maximum absolute atomic E-state index is 5.34. The molecule has 3 heteroatoms. The highest BCUT2D eigenvalue weighted by Gasteiger charge is 2.31. The monoisotopic (exact) mass is 661 g/mol. The maximum Gasteiger partial charge on any atom is 0.145 e. The second kappa shape index (κ2) is 11.3. The van der Waals surface area contributed by atoms with Crippen LogP contribution < -0.4 is 4.90 Å². The van der Waals surface area contributed by atoms with Gasteiger partial charge in [0.15, 0.2) is 0 Å². The van der Waals surface area contributed by atoms with E-state index in [2.05, 4.69) is 198 Å². The summed E-state index contributed by atoms with van der Waals surface area (Å²) in [5.74, 6) is 0.948. The van der Waals surface area contributed by atoms with E-state index in [4.69, 9.17) is 4.98 Å². The fourth-order valence-corrected chi connectivity index (χ4v) is 8.40. The van der Waals surface area contributed by atoms with E-state index in [0.29, 0.717) is 0 Å². The molecule has 0 spiro atoms. The lowest BCUT2D eigenvalue weighted by molar-refractivity contribution is 1.07. The smallest absolute Gasteiger partial charge is 0.145 e. The lowest BCUT2D eigenvalue weighted by atomic mass is 9.88. The molecule has 3 nitrogen and oxygen atoms in total. The van der Waals surface area contributed by atoms with Crippen LogP contribution in [0.15, 0.2) is 188 Å². The van der Waals surface area contributed by atoms with Gasteiger partial charge in [-0.15, -0.1) is 0 Å². The highest BCUT2D eigenvalue weighted by Crippen LogP contribution is 2.53. The van der Waals surface area contributed by atoms with Crippen molar-refractivity contribution in [1.82, 2.24) is 9.55 Å². The van der Waals surface area contributed by atoms with Crippen LogP contribution in [0.3, 0.4) is 0 Å². The Morgan fingerprint density at radius 3 is 1.75 bits per heavy atom. The van der Waals surface area contributed by atoms with E-state index in [-0.39, 0.29) is 0 Å². The van der Waals surface area contributed by atoms with Gasteiger partial charge < -0.3 is 4.90 Å². The van der Waals surface area contributed by atoms with Crippen molar-refractivity contribution in [1.29, 1.82) is 0 Å². The van der Waals surface area contributed by atoms with E-state index < -0.39 is 0 Å². The van der Waals surface area contributed by atoms with E-state index in [9.17, 15) is 0 Å². The van der Waals surface area contributed by atoms with Crippen LogP contribution >= 0.6 is 0 Å². The molecule has 0 aliphatic carbocycles. The predicted molar refractivity (Wildman–Crippen MR) is 218 cm³/mol. The third-order valence-corrected chi connectivity index (χ3v) is 10.7. The first kappa shape index (κ1) is 28.8. The maximum atomic E-state index is 5.34. The molecule has 2 heterocycles. The van der Waals surface area contributed by atoms with Crippen molar-refractivity contribution in [2.24, 2.45) is 0 Å². The lowest BCUT2D eigenvalue weighted by Gasteiger charge is -2.35. The fourth-order valence-electron chi connectivity index (χ4n) is 8.40. The normalized spacial score (nSPS) is 12.2. The molecule has 0 bridgehead atoms. The molecule has 0 amide bonds. The van der Waals surface area contributed by atoms with Crippen LogP contribution in [0, 0.1) is 0 Å². The Morgan fingerprint density at radius 2 is 0.962 bits per heavy atom. The number of anilines is 3. The zero-order chi connectivity index (χ0) is 34.2. The summed E-state index contributed by atoms with van der Waals surface area (Å²) in [7, 11) is 0. The Balaban J connectivity index is 1.20. The number of para-hydroxylation sites is 3. The first-order valence-electron chi connectivity index (χ1n) is 17.8. The van der Waals surface area contributed by atoms with Gasteiger partial charge in [0.1, 0.15) is 5.82 Å². The summed E-state index contributed by atoms with van der Waals surface area (Å²) in [4.78, 5) is 7.82. The molecule has 52 heavy (non-hydrogen) atoms.